The molecule has 0 aromatic heterocycles. The van der Waals surface area contributed by atoms with Crippen molar-refractivity contribution in [3.8, 4) is 0 Å². The summed E-state index contributed by atoms with van der Waals surface area (Å²) in [6.07, 6.45) is 3.02. The molecule has 2 aliphatic heterocycles. The second-order valence-electron chi connectivity index (χ2n) is 8.51. The smallest absolute Gasteiger partial charge is 0.265 e. The first-order valence-electron chi connectivity index (χ1n) is 10.5. The summed E-state index contributed by atoms with van der Waals surface area (Å²) in [5.41, 5.74) is 4.52. The predicted molar refractivity (Wildman–Crippen MR) is 111 cm³/mol. The molecule has 0 spiro atoms. The largest absolute Gasteiger partial charge is 0.382 e. The molecule has 156 valence electrons. The molecule has 0 radical (unpaired) electrons. The van der Waals surface area contributed by atoms with E-state index in [2.05, 4.69) is 10.7 Å². The summed E-state index contributed by atoms with van der Waals surface area (Å²) in [4.78, 5) is 28.3. The molecule has 3 aliphatic rings. The van der Waals surface area contributed by atoms with Gasteiger partial charge in [-0.3, -0.25) is 15.0 Å². The number of rotatable bonds is 5. The Hall–Kier alpha value is -2.93. The first-order valence-corrected chi connectivity index (χ1v) is 10.5. The number of hydrogen-bond donors (Lipinski definition) is 2. The number of halogens is 1. The third-order valence-corrected chi connectivity index (χ3v) is 6.37. The lowest BCUT2D eigenvalue weighted by atomic mass is 9.85. The number of hydrazine groups is 1. The van der Waals surface area contributed by atoms with Crippen LogP contribution < -0.4 is 10.7 Å². The number of amides is 2. The quantitative estimate of drug-likeness (QED) is 0.798. The van der Waals surface area contributed by atoms with E-state index in [0.717, 1.165) is 24.8 Å². The molecule has 1 saturated heterocycles. The first kappa shape index (κ1) is 19.1. The Morgan fingerprint density at radius 1 is 1.20 bits per heavy atom. The van der Waals surface area contributed by atoms with E-state index in [1.165, 1.54) is 12.1 Å². The highest BCUT2D eigenvalue weighted by molar-refractivity contribution is 5.97. The van der Waals surface area contributed by atoms with E-state index < -0.39 is 5.54 Å². The molecule has 7 heteroatoms. The van der Waals surface area contributed by atoms with Crippen molar-refractivity contribution < 1.29 is 14.0 Å². The maximum absolute atomic E-state index is 14.1. The second-order valence-corrected chi connectivity index (χ2v) is 8.51. The van der Waals surface area contributed by atoms with Crippen LogP contribution in [0.25, 0.3) is 0 Å². The highest BCUT2D eigenvalue weighted by Gasteiger charge is 2.48. The third-order valence-electron chi connectivity index (χ3n) is 6.37. The molecule has 1 saturated carbocycles. The van der Waals surface area contributed by atoms with Crippen molar-refractivity contribution in [3.05, 3.63) is 65.0 Å². The molecular weight excluding hydrogens is 383 g/mol. The van der Waals surface area contributed by atoms with Gasteiger partial charge in [-0.15, -0.1) is 0 Å². The van der Waals surface area contributed by atoms with Gasteiger partial charge in [-0.2, -0.15) is 5.01 Å². The minimum atomic E-state index is -1.17. The van der Waals surface area contributed by atoms with E-state index in [0.29, 0.717) is 42.5 Å². The summed E-state index contributed by atoms with van der Waals surface area (Å²) in [5, 5.41) is 5.09. The molecule has 2 heterocycles. The number of nitrogens with zero attached hydrogens (tertiary/aromatic N) is 2. The molecule has 2 N–H and O–H groups in total. The number of carbonyl (C=O) groups is 2. The number of hydrogen-bond acceptors (Lipinski definition) is 4. The molecule has 1 unspecified atom stereocenters. The number of fused-ring (bicyclic) bond motifs is 1. The molecule has 2 fully saturated rings. The van der Waals surface area contributed by atoms with Crippen LogP contribution in [0.5, 0.6) is 0 Å². The van der Waals surface area contributed by atoms with E-state index in [1.807, 2.05) is 25.1 Å². The van der Waals surface area contributed by atoms with Gasteiger partial charge in [-0.05, 0) is 49.9 Å². The van der Waals surface area contributed by atoms with Gasteiger partial charge in [0, 0.05) is 42.5 Å². The molecule has 0 bridgehead atoms. The SMILES string of the molecule is CC(C(=O)N1CCC1)(c1ccc(F)cc1NC1CC1)N1Cc2ccccc2C(=O)N1. The van der Waals surface area contributed by atoms with E-state index in [1.54, 1.807) is 22.0 Å². The van der Waals surface area contributed by atoms with Crippen LogP contribution in [-0.4, -0.2) is 40.9 Å². The number of benzene rings is 2. The standard InChI is InChI=1S/C23H25FN4O2/c1-23(22(30)27-11-4-12-27,19-10-7-16(24)13-20(19)25-17-8-9-17)28-14-15-5-2-3-6-18(15)21(29)26-28/h2-3,5-7,10,13,17,25H,4,8-9,11-12,14H2,1H3,(H,26,29). The van der Waals surface area contributed by atoms with Crippen molar-refractivity contribution >= 4 is 17.5 Å². The predicted octanol–water partition coefficient (Wildman–Crippen LogP) is 3.01. The third kappa shape index (κ3) is 3.13. The van der Waals surface area contributed by atoms with Crippen molar-refractivity contribution in [2.45, 2.75) is 44.3 Å². The first-order chi connectivity index (χ1) is 14.5. The Bertz CT molecular complexity index is 1020. The van der Waals surface area contributed by atoms with Crippen LogP contribution in [0.4, 0.5) is 10.1 Å². The maximum Gasteiger partial charge on any atom is 0.265 e. The fourth-order valence-electron chi connectivity index (χ4n) is 4.25. The van der Waals surface area contributed by atoms with Gasteiger partial charge in [-0.25, -0.2) is 4.39 Å². The average molecular weight is 408 g/mol. The summed E-state index contributed by atoms with van der Waals surface area (Å²) >= 11 is 0. The highest BCUT2D eigenvalue weighted by atomic mass is 19.1. The maximum atomic E-state index is 14.1. The van der Waals surface area contributed by atoms with Crippen LogP contribution in [0.15, 0.2) is 42.5 Å². The molecule has 30 heavy (non-hydrogen) atoms. The second kappa shape index (κ2) is 7.09. The molecule has 2 aromatic carbocycles. The Morgan fingerprint density at radius 3 is 2.67 bits per heavy atom. The minimum Gasteiger partial charge on any atom is -0.382 e. The van der Waals surface area contributed by atoms with Crippen molar-refractivity contribution in [2.24, 2.45) is 0 Å². The normalized spacial score (nSPS) is 20.6. The number of nitrogens with one attached hydrogen (secondary N) is 2. The van der Waals surface area contributed by atoms with Crippen LogP contribution in [0.1, 0.15) is 47.7 Å². The lowest BCUT2D eigenvalue weighted by molar-refractivity contribution is -0.151. The monoisotopic (exact) mass is 408 g/mol. The van der Waals surface area contributed by atoms with Crippen LogP contribution >= 0.6 is 0 Å². The van der Waals surface area contributed by atoms with Crippen LogP contribution in [0.2, 0.25) is 0 Å². The van der Waals surface area contributed by atoms with Crippen LogP contribution in [0.3, 0.4) is 0 Å². The van der Waals surface area contributed by atoms with E-state index >= 15 is 0 Å². The topological polar surface area (TPSA) is 64.7 Å². The summed E-state index contributed by atoms with van der Waals surface area (Å²) in [6, 6.07) is 12.2. The molecule has 2 amide bonds. The molecule has 1 atom stereocenters. The lowest BCUT2D eigenvalue weighted by Gasteiger charge is -2.47. The number of anilines is 1. The van der Waals surface area contributed by atoms with Gasteiger partial charge in [0.1, 0.15) is 11.4 Å². The van der Waals surface area contributed by atoms with E-state index in [4.69, 9.17) is 0 Å². The van der Waals surface area contributed by atoms with Gasteiger partial charge in [-0.1, -0.05) is 24.3 Å². The molecular formula is C23H25FN4O2. The molecule has 5 rings (SSSR count). The minimum absolute atomic E-state index is 0.0844. The molecule has 6 nitrogen and oxygen atoms in total. The Morgan fingerprint density at radius 2 is 1.97 bits per heavy atom. The zero-order chi connectivity index (χ0) is 20.9. The highest BCUT2D eigenvalue weighted by Crippen LogP contribution is 2.40. The summed E-state index contributed by atoms with van der Waals surface area (Å²) in [5.74, 6) is -0.675. The Labute approximate surface area is 175 Å². The van der Waals surface area contributed by atoms with Gasteiger partial charge >= 0.3 is 0 Å². The van der Waals surface area contributed by atoms with Crippen LogP contribution in [0, 0.1) is 5.82 Å². The fraction of sp³-hybridized carbons (Fsp3) is 0.391. The average Bonchev–Trinajstić information content (AvgIpc) is 3.50. The van der Waals surface area contributed by atoms with Gasteiger partial charge in [0.05, 0.1) is 0 Å². The van der Waals surface area contributed by atoms with Crippen molar-refractivity contribution in [3.63, 3.8) is 0 Å². The van der Waals surface area contributed by atoms with Crippen molar-refractivity contribution in [1.82, 2.24) is 15.3 Å². The Balaban J connectivity index is 1.61. The zero-order valence-corrected chi connectivity index (χ0v) is 17.0. The van der Waals surface area contributed by atoms with Gasteiger partial charge in [0.25, 0.3) is 5.91 Å². The molecule has 2 aromatic rings. The number of likely N-dealkylation sites (tertiary alicyclic amines) is 1. The van der Waals surface area contributed by atoms with Crippen LogP contribution in [-0.2, 0) is 16.9 Å². The van der Waals surface area contributed by atoms with Gasteiger partial charge < -0.3 is 10.2 Å². The van der Waals surface area contributed by atoms with Crippen molar-refractivity contribution in [1.29, 1.82) is 0 Å². The zero-order valence-electron chi connectivity index (χ0n) is 17.0. The lowest BCUT2D eigenvalue weighted by Crippen LogP contribution is -2.64. The van der Waals surface area contributed by atoms with Gasteiger partial charge in [0.2, 0.25) is 5.91 Å². The fourth-order valence-corrected chi connectivity index (χ4v) is 4.25. The molecule has 1 aliphatic carbocycles. The van der Waals surface area contributed by atoms with Crippen molar-refractivity contribution in [2.75, 3.05) is 18.4 Å². The number of carbonyl (C=O) groups excluding carboxylic acids is 2. The van der Waals surface area contributed by atoms with Gasteiger partial charge in [0.15, 0.2) is 0 Å². The summed E-state index contributed by atoms with van der Waals surface area (Å²) in [7, 11) is 0. The van der Waals surface area contributed by atoms with E-state index in [9.17, 15) is 14.0 Å². The summed E-state index contributed by atoms with van der Waals surface area (Å²) < 4.78 is 14.1. The summed E-state index contributed by atoms with van der Waals surface area (Å²) in [6.45, 7) is 3.60. The Kier molecular flexibility index (Phi) is 4.50. The van der Waals surface area contributed by atoms with E-state index in [-0.39, 0.29) is 17.6 Å².